The van der Waals surface area contributed by atoms with Gasteiger partial charge in [0.15, 0.2) is 0 Å². The lowest BCUT2D eigenvalue weighted by molar-refractivity contribution is 1.23. The molecule has 0 aliphatic rings. The van der Waals surface area contributed by atoms with E-state index in [0.717, 1.165) is 21.4 Å². The number of nitrogens with one attached hydrogen (secondary N) is 1. The Kier molecular flexibility index (Phi) is 2.45. The van der Waals surface area contributed by atoms with E-state index in [1.54, 1.807) is 17.5 Å². The van der Waals surface area contributed by atoms with Crippen LogP contribution in [-0.4, -0.2) is 17.0 Å². The maximum atomic E-state index is 4.45. The highest BCUT2D eigenvalue weighted by Gasteiger charge is 2.07. The molecule has 2 heterocycles. The summed E-state index contributed by atoms with van der Waals surface area (Å²) in [6.07, 6.45) is 1.78. The van der Waals surface area contributed by atoms with E-state index in [9.17, 15) is 0 Å². The first-order valence-corrected chi connectivity index (χ1v) is 5.19. The second-order valence-electron chi connectivity index (χ2n) is 2.90. The van der Waals surface area contributed by atoms with Gasteiger partial charge in [-0.15, -0.1) is 0 Å². The van der Waals surface area contributed by atoms with Crippen LogP contribution in [0.3, 0.4) is 0 Å². The number of pyridine rings is 1. The molecule has 0 saturated carbocycles. The number of anilines is 1. The Labute approximate surface area is 86.8 Å². The van der Waals surface area contributed by atoms with E-state index in [1.807, 2.05) is 32.2 Å². The molecule has 2 aromatic rings. The van der Waals surface area contributed by atoms with Crippen molar-refractivity contribution in [1.29, 1.82) is 0 Å². The van der Waals surface area contributed by atoms with Crippen molar-refractivity contribution in [3.63, 3.8) is 0 Å². The number of nitrogens with zero attached hydrogens (tertiary/aromatic N) is 2. The fourth-order valence-corrected chi connectivity index (χ4v) is 2.12. The van der Waals surface area contributed by atoms with Crippen LogP contribution in [0.4, 0.5) is 5.00 Å². The van der Waals surface area contributed by atoms with Crippen molar-refractivity contribution < 1.29 is 0 Å². The average Bonchev–Trinajstić information content (AvgIpc) is 2.61. The lowest BCUT2D eigenvalue weighted by Gasteiger charge is -1.92. The van der Waals surface area contributed by atoms with Gasteiger partial charge in [-0.05, 0) is 19.1 Å². The summed E-state index contributed by atoms with van der Waals surface area (Å²) in [6.45, 7) is 1.99. The molecular weight excluding hydrogens is 194 g/mol. The molecule has 2 aromatic heterocycles. The Hall–Kier alpha value is -1.42. The third kappa shape index (κ3) is 1.61. The number of rotatable bonds is 2. The van der Waals surface area contributed by atoms with Gasteiger partial charge in [0.05, 0.1) is 11.4 Å². The molecule has 0 bridgehead atoms. The molecule has 0 spiro atoms. The quantitative estimate of drug-likeness (QED) is 0.818. The third-order valence-electron chi connectivity index (χ3n) is 1.91. The van der Waals surface area contributed by atoms with Crippen LogP contribution in [0.15, 0.2) is 24.4 Å². The first-order chi connectivity index (χ1) is 6.81. The summed E-state index contributed by atoms with van der Waals surface area (Å²) in [5.74, 6) is 0. The molecule has 72 valence electrons. The Balaban J connectivity index is 2.43. The lowest BCUT2D eigenvalue weighted by atomic mass is 10.4. The van der Waals surface area contributed by atoms with Gasteiger partial charge >= 0.3 is 0 Å². The molecule has 0 unspecified atom stereocenters. The van der Waals surface area contributed by atoms with E-state index in [2.05, 4.69) is 15.3 Å². The number of thiazole rings is 1. The molecule has 2 rings (SSSR count). The van der Waals surface area contributed by atoms with Gasteiger partial charge in [0, 0.05) is 13.2 Å². The average molecular weight is 205 g/mol. The first kappa shape index (κ1) is 9.15. The van der Waals surface area contributed by atoms with Crippen molar-refractivity contribution in [3.8, 4) is 10.7 Å². The summed E-state index contributed by atoms with van der Waals surface area (Å²) in [6, 6.07) is 5.85. The molecule has 4 heteroatoms. The molecular formula is C10H11N3S. The summed E-state index contributed by atoms with van der Waals surface area (Å²) in [4.78, 5) is 8.70. The minimum Gasteiger partial charge on any atom is -0.378 e. The number of hydrogen-bond acceptors (Lipinski definition) is 4. The van der Waals surface area contributed by atoms with Gasteiger partial charge in [0.1, 0.15) is 10.0 Å². The molecule has 0 amide bonds. The molecule has 0 fully saturated rings. The summed E-state index contributed by atoms with van der Waals surface area (Å²) < 4.78 is 0. The number of hydrogen-bond donors (Lipinski definition) is 1. The lowest BCUT2D eigenvalue weighted by Crippen LogP contribution is -1.85. The summed E-state index contributed by atoms with van der Waals surface area (Å²) in [5.41, 5.74) is 1.96. The van der Waals surface area contributed by atoms with Crippen LogP contribution in [-0.2, 0) is 0 Å². The third-order valence-corrected chi connectivity index (χ3v) is 3.11. The van der Waals surface area contributed by atoms with Crippen LogP contribution in [0.5, 0.6) is 0 Å². The van der Waals surface area contributed by atoms with E-state index in [4.69, 9.17) is 0 Å². The zero-order chi connectivity index (χ0) is 9.97. The van der Waals surface area contributed by atoms with Crippen molar-refractivity contribution in [1.82, 2.24) is 9.97 Å². The molecule has 3 nitrogen and oxygen atoms in total. The Bertz CT molecular complexity index is 422. The molecule has 0 radical (unpaired) electrons. The molecule has 1 N–H and O–H groups in total. The van der Waals surface area contributed by atoms with Gasteiger partial charge in [-0.3, -0.25) is 4.98 Å². The maximum absolute atomic E-state index is 4.45. The van der Waals surface area contributed by atoms with E-state index >= 15 is 0 Å². The second kappa shape index (κ2) is 3.75. The van der Waals surface area contributed by atoms with Crippen molar-refractivity contribution >= 4 is 16.3 Å². The van der Waals surface area contributed by atoms with E-state index < -0.39 is 0 Å². The topological polar surface area (TPSA) is 37.8 Å². The smallest absolute Gasteiger partial charge is 0.144 e. The van der Waals surface area contributed by atoms with Crippen LogP contribution in [0, 0.1) is 6.92 Å². The number of aryl methyl sites for hydroxylation is 1. The summed E-state index contributed by atoms with van der Waals surface area (Å²) >= 11 is 1.63. The largest absolute Gasteiger partial charge is 0.378 e. The van der Waals surface area contributed by atoms with E-state index in [0.29, 0.717) is 0 Å². The predicted molar refractivity (Wildman–Crippen MR) is 59.6 cm³/mol. The van der Waals surface area contributed by atoms with Crippen molar-refractivity contribution in [2.45, 2.75) is 6.92 Å². The first-order valence-electron chi connectivity index (χ1n) is 4.38. The summed E-state index contributed by atoms with van der Waals surface area (Å²) in [7, 11) is 1.91. The normalized spacial score (nSPS) is 10.1. The Morgan fingerprint density at radius 2 is 2.21 bits per heavy atom. The van der Waals surface area contributed by atoms with Gasteiger partial charge < -0.3 is 5.32 Å². The van der Waals surface area contributed by atoms with Crippen LogP contribution >= 0.6 is 11.3 Å². The fraction of sp³-hybridized carbons (Fsp3) is 0.200. The minimum absolute atomic E-state index is 0.933. The highest BCUT2D eigenvalue weighted by molar-refractivity contribution is 7.19. The maximum Gasteiger partial charge on any atom is 0.144 e. The minimum atomic E-state index is 0.933. The number of aromatic nitrogens is 2. The molecule has 0 aliphatic carbocycles. The van der Waals surface area contributed by atoms with Crippen molar-refractivity contribution in [3.05, 3.63) is 30.1 Å². The van der Waals surface area contributed by atoms with Gasteiger partial charge in [0.2, 0.25) is 0 Å². The zero-order valence-corrected chi connectivity index (χ0v) is 8.93. The second-order valence-corrected chi connectivity index (χ2v) is 3.90. The van der Waals surface area contributed by atoms with Gasteiger partial charge in [-0.1, -0.05) is 17.4 Å². The fourth-order valence-electron chi connectivity index (χ4n) is 1.23. The standard InChI is InChI=1S/C10H11N3S/c1-7-9(11-2)14-10(13-7)8-5-3-4-6-12-8/h3-6,11H,1-2H3. The summed E-state index contributed by atoms with van der Waals surface area (Å²) in [5, 5.41) is 5.18. The van der Waals surface area contributed by atoms with Gasteiger partial charge in [0.25, 0.3) is 0 Å². The van der Waals surface area contributed by atoms with Crippen LogP contribution in [0.2, 0.25) is 0 Å². The highest BCUT2D eigenvalue weighted by Crippen LogP contribution is 2.29. The monoisotopic (exact) mass is 205 g/mol. The van der Waals surface area contributed by atoms with Gasteiger partial charge in [-0.2, -0.15) is 0 Å². The predicted octanol–water partition coefficient (Wildman–Crippen LogP) is 2.56. The SMILES string of the molecule is CNc1sc(-c2ccccn2)nc1C. The van der Waals surface area contributed by atoms with E-state index in [1.165, 1.54) is 0 Å². The molecule has 0 aromatic carbocycles. The Morgan fingerprint density at radius 3 is 2.79 bits per heavy atom. The molecule has 14 heavy (non-hydrogen) atoms. The molecule has 0 atom stereocenters. The Morgan fingerprint density at radius 1 is 1.36 bits per heavy atom. The highest BCUT2D eigenvalue weighted by atomic mass is 32.1. The molecule has 0 aliphatic heterocycles. The molecule has 0 saturated heterocycles. The van der Waals surface area contributed by atoms with Crippen LogP contribution in [0.25, 0.3) is 10.7 Å². The van der Waals surface area contributed by atoms with Crippen molar-refractivity contribution in [2.75, 3.05) is 12.4 Å². The van der Waals surface area contributed by atoms with E-state index in [-0.39, 0.29) is 0 Å². The van der Waals surface area contributed by atoms with Crippen molar-refractivity contribution in [2.24, 2.45) is 0 Å². The van der Waals surface area contributed by atoms with Crippen LogP contribution in [0.1, 0.15) is 5.69 Å². The van der Waals surface area contributed by atoms with Gasteiger partial charge in [-0.25, -0.2) is 4.98 Å². The van der Waals surface area contributed by atoms with Crippen LogP contribution < -0.4 is 5.32 Å². The zero-order valence-electron chi connectivity index (χ0n) is 8.11.